The molecule has 4 nitrogen and oxygen atoms in total. The van der Waals surface area contributed by atoms with Gasteiger partial charge in [-0.25, -0.2) is 0 Å². The van der Waals surface area contributed by atoms with Crippen LogP contribution >= 0.6 is 11.6 Å². The predicted molar refractivity (Wildman–Crippen MR) is 92.1 cm³/mol. The van der Waals surface area contributed by atoms with E-state index in [1.54, 1.807) is 30.5 Å². The molecule has 2 aromatic carbocycles. The van der Waals surface area contributed by atoms with Crippen LogP contribution in [0.15, 0.2) is 54.7 Å². The molecule has 0 aliphatic carbocycles. The molecular formula is C18H15ClN2O2. The van der Waals surface area contributed by atoms with Crippen LogP contribution in [0.3, 0.4) is 0 Å². The molecule has 23 heavy (non-hydrogen) atoms. The lowest BCUT2D eigenvalue weighted by atomic mass is 10.1. The van der Waals surface area contributed by atoms with E-state index in [-0.39, 0.29) is 0 Å². The first kappa shape index (κ1) is 15.3. The monoisotopic (exact) mass is 326 g/mol. The van der Waals surface area contributed by atoms with Crippen LogP contribution in [-0.4, -0.2) is 23.2 Å². The second-order valence-corrected chi connectivity index (χ2v) is 5.54. The van der Waals surface area contributed by atoms with Crippen molar-refractivity contribution in [3.63, 3.8) is 0 Å². The normalized spacial score (nSPS) is 10.7. The molecule has 0 saturated heterocycles. The van der Waals surface area contributed by atoms with Gasteiger partial charge in [0.05, 0.1) is 5.56 Å². The Morgan fingerprint density at radius 3 is 2.65 bits per heavy atom. The van der Waals surface area contributed by atoms with E-state index in [4.69, 9.17) is 11.6 Å². The summed E-state index contributed by atoms with van der Waals surface area (Å²) < 4.78 is 0. The Labute approximate surface area is 138 Å². The van der Waals surface area contributed by atoms with Crippen molar-refractivity contribution < 1.29 is 9.59 Å². The maximum absolute atomic E-state index is 12.6. The first-order valence-corrected chi connectivity index (χ1v) is 7.67. The standard InChI is InChI=1S/C18H15ClN2O2/c1-2-21(13-7-5-6-12(19)10-13)18(23)17(22)15-11-20-16-9-4-3-8-14(15)16/h3-11,20H,2H2,1H3. The van der Waals surface area contributed by atoms with E-state index < -0.39 is 11.7 Å². The van der Waals surface area contributed by atoms with E-state index in [1.807, 2.05) is 31.2 Å². The molecule has 1 aromatic heterocycles. The first-order chi connectivity index (χ1) is 11.1. The Bertz CT molecular complexity index is 885. The molecule has 0 unspecified atom stereocenters. The van der Waals surface area contributed by atoms with Crippen molar-refractivity contribution >= 4 is 39.9 Å². The minimum Gasteiger partial charge on any atom is -0.360 e. The molecule has 0 spiro atoms. The van der Waals surface area contributed by atoms with Crippen molar-refractivity contribution in [2.45, 2.75) is 6.92 Å². The zero-order valence-electron chi connectivity index (χ0n) is 12.5. The SMILES string of the molecule is CCN(C(=O)C(=O)c1c[nH]c2ccccc12)c1cccc(Cl)c1. The van der Waals surface area contributed by atoms with Gasteiger partial charge < -0.3 is 9.88 Å². The van der Waals surface area contributed by atoms with E-state index in [1.165, 1.54) is 4.90 Å². The number of aromatic amines is 1. The van der Waals surface area contributed by atoms with Crippen molar-refractivity contribution in [2.75, 3.05) is 11.4 Å². The van der Waals surface area contributed by atoms with Crippen LogP contribution in [0.4, 0.5) is 5.69 Å². The van der Waals surface area contributed by atoms with Crippen molar-refractivity contribution in [1.29, 1.82) is 0 Å². The number of nitrogens with one attached hydrogen (secondary N) is 1. The molecule has 1 N–H and O–H groups in total. The summed E-state index contributed by atoms with van der Waals surface area (Å²) in [4.78, 5) is 29.7. The second kappa shape index (κ2) is 6.26. The molecule has 0 fully saturated rings. The van der Waals surface area contributed by atoms with E-state index in [9.17, 15) is 9.59 Å². The highest BCUT2D eigenvalue weighted by Crippen LogP contribution is 2.22. The molecule has 0 bridgehead atoms. The number of aromatic nitrogens is 1. The van der Waals surface area contributed by atoms with Gasteiger partial charge in [-0.15, -0.1) is 0 Å². The molecular weight excluding hydrogens is 312 g/mol. The summed E-state index contributed by atoms with van der Waals surface area (Å²) >= 11 is 5.98. The quantitative estimate of drug-likeness (QED) is 0.580. The summed E-state index contributed by atoms with van der Waals surface area (Å²) in [5, 5.41) is 1.27. The maximum atomic E-state index is 12.6. The predicted octanol–water partition coefficient (Wildman–Crippen LogP) is 4.06. The lowest BCUT2D eigenvalue weighted by Crippen LogP contribution is -2.36. The summed E-state index contributed by atoms with van der Waals surface area (Å²) in [6, 6.07) is 14.3. The Kier molecular flexibility index (Phi) is 4.17. The van der Waals surface area contributed by atoms with Crippen LogP contribution in [0.1, 0.15) is 17.3 Å². The van der Waals surface area contributed by atoms with Crippen LogP contribution in [0.25, 0.3) is 10.9 Å². The van der Waals surface area contributed by atoms with Crippen LogP contribution in [0.2, 0.25) is 5.02 Å². The lowest BCUT2D eigenvalue weighted by molar-refractivity contribution is -0.114. The molecule has 3 rings (SSSR count). The third kappa shape index (κ3) is 2.85. The third-order valence-corrected chi connectivity index (χ3v) is 3.94. The highest BCUT2D eigenvalue weighted by atomic mass is 35.5. The van der Waals surface area contributed by atoms with Crippen molar-refractivity contribution in [2.24, 2.45) is 0 Å². The number of Topliss-reactive ketones (excluding diaryl/α,β-unsaturated/α-hetero) is 1. The number of carbonyl (C=O) groups excluding carboxylic acids is 2. The summed E-state index contributed by atoms with van der Waals surface area (Å²) in [6.45, 7) is 2.20. The molecule has 0 aliphatic rings. The van der Waals surface area contributed by atoms with E-state index in [0.717, 1.165) is 10.9 Å². The fourth-order valence-corrected chi connectivity index (χ4v) is 2.77. The second-order valence-electron chi connectivity index (χ2n) is 5.11. The summed E-state index contributed by atoms with van der Waals surface area (Å²) in [7, 11) is 0. The van der Waals surface area contributed by atoms with Gasteiger partial charge in [0, 0.05) is 34.4 Å². The van der Waals surface area contributed by atoms with Gasteiger partial charge in [0.1, 0.15) is 0 Å². The summed E-state index contributed by atoms with van der Waals surface area (Å²) in [5.74, 6) is -1.11. The van der Waals surface area contributed by atoms with Gasteiger partial charge >= 0.3 is 0 Å². The number of H-pyrrole nitrogens is 1. The number of benzene rings is 2. The van der Waals surface area contributed by atoms with E-state index in [0.29, 0.717) is 22.8 Å². The molecule has 1 amide bonds. The van der Waals surface area contributed by atoms with Gasteiger partial charge in [-0.1, -0.05) is 35.9 Å². The minimum atomic E-state index is -0.570. The average Bonchev–Trinajstić information content (AvgIpc) is 2.99. The Morgan fingerprint density at radius 2 is 1.91 bits per heavy atom. The highest BCUT2D eigenvalue weighted by molar-refractivity contribution is 6.49. The molecule has 116 valence electrons. The van der Waals surface area contributed by atoms with Gasteiger partial charge in [0.25, 0.3) is 11.7 Å². The molecule has 3 aromatic rings. The van der Waals surface area contributed by atoms with Gasteiger partial charge in [-0.05, 0) is 31.2 Å². The minimum absolute atomic E-state index is 0.381. The fourth-order valence-electron chi connectivity index (χ4n) is 2.58. The number of para-hydroxylation sites is 1. The largest absolute Gasteiger partial charge is 0.360 e. The Hall–Kier alpha value is -2.59. The molecule has 5 heteroatoms. The van der Waals surface area contributed by atoms with Gasteiger partial charge in [0.15, 0.2) is 0 Å². The number of hydrogen-bond acceptors (Lipinski definition) is 2. The maximum Gasteiger partial charge on any atom is 0.299 e. The number of rotatable bonds is 4. The highest BCUT2D eigenvalue weighted by Gasteiger charge is 2.25. The zero-order chi connectivity index (χ0) is 16.4. The number of nitrogens with zero attached hydrogens (tertiary/aromatic N) is 1. The topological polar surface area (TPSA) is 53.2 Å². The number of anilines is 1. The fraction of sp³-hybridized carbons (Fsp3) is 0.111. The molecule has 0 atom stereocenters. The van der Waals surface area contributed by atoms with Crippen LogP contribution in [-0.2, 0) is 4.79 Å². The van der Waals surface area contributed by atoms with Crippen LogP contribution < -0.4 is 4.90 Å². The van der Waals surface area contributed by atoms with Crippen LogP contribution in [0, 0.1) is 0 Å². The number of carbonyl (C=O) groups is 2. The molecule has 1 heterocycles. The van der Waals surface area contributed by atoms with E-state index in [2.05, 4.69) is 4.98 Å². The van der Waals surface area contributed by atoms with Gasteiger partial charge in [-0.3, -0.25) is 9.59 Å². The number of fused-ring (bicyclic) bond motifs is 1. The van der Waals surface area contributed by atoms with Crippen molar-refractivity contribution in [3.8, 4) is 0 Å². The third-order valence-electron chi connectivity index (χ3n) is 3.71. The Balaban J connectivity index is 1.96. The van der Waals surface area contributed by atoms with Crippen LogP contribution in [0.5, 0.6) is 0 Å². The van der Waals surface area contributed by atoms with Gasteiger partial charge in [-0.2, -0.15) is 0 Å². The number of halogens is 1. The van der Waals surface area contributed by atoms with Crippen molar-refractivity contribution in [3.05, 3.63) is 65.3 Å². The smallest absolute Gasteiger partial charge is 0.299 e. The average molecular weight is 327 g/mol. The molecule has 0 saturated carbocycles. The van der Waals surface area contributed by atoms with Crippen molar-refractivity contribution in [1.82, 2.24) is 4.98 Å². The number of amides is 1. The number of ketones is 1. The summed E-state index contributed by atoms with van der Waals surface area (Å²) in [6.07, 6.45) is 1.58. The Morgan fingerprint density at radius 1 is 1.13 bits per heavy atom. The van der Waals surface area contributed by atoms with E-state index >= 15 is 0 Å². The number of hydrogen-bond donors (Lipinski definition) is 1. The van der Waals surface area contributed by atoms with Gasteiger partial charge in [0.2, 0.25) is 0 Å². The molecule has 0 radical (unpaired) electrons. The summed E-state index contributed by atoms with van der Waals surface area (Å²) in [5.41, 5.74) is 1.82. The first-order valence-electron chi connectivity index (χ1n) is 7.29. The lowest BCUT2D eigenvalue weighted by Gasteiger charge is -2.20. The zero-order valence-corrected chi connectivity index (χ0v) is 13.3. The number of likely N-dealkylation sites (N-methyl/N-ethyl adjacent to an activating group) is 1. The molecule has 0 aliphatic heterocycles.